The third-order valence-electron chi connectivity index (χ3n) is 2.16. The van der Waals surface area contributed by atoms with Crippen molar-refractivity contribution < 1.29 is 14.3 Å². The number of alkyl halides is 1. The first kappa shape index (κ1) is 15.5. The Balaban J connectivity index is 2.51. The van der Waals surface area contributed by atoms with E-state index in [0.29, 0.717) is 31.1 Å². The predicted octanol–water partition coefficient (Wildman–Crippen LogP) is 2.60. The van der Waals surface area contributed by atoms with E-state index in [4.69, 9.17) is 9.47 Å². The quantitative estimate of drug-likeness (QED) is 0.584. The topological polar surface area (TPSA) is 47.6 Å². The van der Waals surface area contributed by atoms with Crippen LogP contribution in [0.3, 0.4) is 0 Å². The lowest BCUT2D eigenvalue weighted by molar-refractivity contribution is 0.0921. The highest BCUT2D eigenvalue weighted by atomic mass is 79.9. The molecule has 0 aliphatic carbocycles. The number of benzene rings is 1. The summed E-state index contributed by atoms with van der Waals surface area (Å²) >= 11 is 6.59. The summed E-state index contributed by atoms with van der Waals surface area (Å²) in [6.07, 6.45) is 0. The van der Waals surface area contributed by atoms with Gasteiger partial charge in [0, 0.05) is 16.3 Å². The number of carbonyl (C=O) groups is 1. The molecule has 0 fully saturated rings. The fourth-order valence-corrected chi connectivity index (χ4v) is 1.91. The highest BCUT2D eigenvalue weighted by Crippen LogP contribution is 2.23. The van der Waals surface area contributed by atoms with Crippen LogP contribution < -0.4 is 10.1 Å². The van der Waals surface area contributed by atoms with Gasteiger partial charge in [-0.05, 0) is 18.2 Å². The van der Waals surface area contributed by atoms with Gasteiger partial charge in [-0.15, -0.1) is 0 Å². The molecule has 0 spiro atoms. The van der Waals surface area contributed by atoms with E-state index in [1.807, 2.05) is 0 Å². The summed E-state index contributed by atoms with van der Waals surface area (Å²) in [6, 6.07) is 5.28. The van der Waals surface area contributed by atoms with Crippen molar-refractivity contribution in [1.29, 1.82) is 0 Å². The van der Waals surface area contributed by atoms with Gasteiger partial charge in [-0.2, -0.15) is 0 Å². The Hall–Kier alpha value is -0.590. The standard InChI is InChI=1S/C12H15Br2NO3/c1-17-11-8-9(14)2-3-10(11)12(16)15-5-7-18-6-4-13/h2-3,8H,4-7H2,1H3,(H,15,16). The van der Waals surface area contributed by atoms with Crippen LogP contribution in [0, 0.1) is 0 Å². The van der Waals surface area contributed by atoms with Crippen LogP contribution in [0.1, 0.15) is 10.4 Å². The zero-order valence-electron chi connectivity index (χ0n) is 10.0. The molecule has 0 unspecified atom stereocenters. The van der Waals surface area contributed by atoms with Gasteiger partial charge in [0.25, 0.3) is 5.91 Å². The van der Waals surface area contributed by atoms with Gasteiger partial charge in [-0.3, -0.25) is 4.79 Å². The number of amides is 1. The maximum absolute atomic E-state index is 11.9. The lowest BCUT2D eigenvalue weighted by Crippen LogP contribution is -2.27. The monoisotopic (exact) mass is 379 g/mol. The summed E-state index contributed by atoms with van der Waals surface area (Å²) in [7, 11) is 1.54. The molecule has 0 heterocycles. The molecule has 1 aromatic carbocycles. The van der Waals surface area contributed by atoms with E-state index in [1.54, 1.807) is 18.2 Å². The first-order valence-corrected chi connectivity index (χ1v) is 7.36. The predicted molar refractivity (Wildman–Crippen MR) is 77.6 cm³/mol. The van der Waals surface area contributed by atoms with Gasteiger partial charge in [0.1, 0.15) is 5.75 Å². The number of nitrogens with one attached hydrogen (secondary N) is 1. The van der Waals surface area contributed by atoms with Crippen molar-refractivity contribution >= 4 is 37.8 Å². The Bertz CT molecular complexity index is 399. The van der Waals surface area contributed by atoms with Crippen LogP contribution >= 0.6 is 31.9 Å². The third kappa shape index (κ3) is 4.96. The van der Waals surface area contributed by atoms with Crippen LogP contribution in [-0.4, -0.2) is 38.1 Å². The third-order valence-corrected chi connectivity index (χ3v) is 2.98. The van der Waals surface area contributed by atoms with Crippen LogP contribution in [-0.2, 0) is 4.74 Å². The Labute approximate surface area is 123 Å². The Morgan fingerprint density at radius 3 is 2.83 bits per heavy atom. The number of halogens is 2. The van der Waals surface area contributed by atoms with Crippen LogP contribution in [0.5, 0.6) is 5.75 Å². The van der Waals surface area contributed by atoms with Crippen molar-refractivity contribution in [2.75, 3.05) is 32.2 Å². The van der Waals surface area contributed by atoms with E-state index in [1.165, 1.54) is 7.11 Å². The SMILES string of the molecule is COc1cc(Br)ccc1C(=O)NCCOCCBr. The molecule has 1 amide bonds. The lowest BCUT2D eigenvalue weighted by Gasteiger charge is -2.09. The van der Waals surface area contributed by atoms with Gasteiger partial charge in [-0.25, -0.2) is 0 Å². The number of methoxy groups -OCH3 is 1. The summed E-state index contributed by atoms with van der Waals surface area (Å²) in [4.78, 5) is 11.9. The molecule has 6 heteroatoms. The van der Waals surface area contributed by atoms with Crippen molar-refractivity contribution in [1.82, 2.24) is 5.32 Å². The normalized spacial score (nSPS) is 10.2. The molecule has 0 aromatic heterocycles. The van der Waals surface area contributed by atoms with Gasteiger partial charge in [0.05, 0.1) is 25.9 Å². The van der Waals surface area contributed by atoms with Crippen molar-refractivity contribution in [3.05, 3.63) is 28.2 Å². The first-order chi connectivity index (χ1) is 8.69. The van der Waals surface area contributed by atoms with Gasteiger partial charge in [-0.1, -0.05) is 31.9 Å². The maximum atomic E-state index is 11.9. The maximum Gasteiger partial charge on any atom is 0.255 e. The van der Waals surface area contributed by atoms with Crippen LogP contribution in [0.4, 0.5) is 0 Å². The smallest absolute Gasteiger partial charge is 0.255 e. The van der Waals surface area contributed by atoms with Crippen LogP contribution in [0.2, 0.25) is 0 Å². The molecular weight excluding hydrogens is 366 g/mol. The number of hydrogen-bond acceptors (Lipinski definition) is 3. The van der Waals surface area contributed by atoms with Gasteiger partial charge < -0.3 is 14.8 Å². The second-order valence-electron chi connectivity index (χ2n) is 3.40. The molecule has 18 heavy (non-hydrogen) atoms. The number of ether oxygens (including phenoxy) is 2. The molecule has 0 aliphatic heterocycles. The van der Waals surface area contributed by atoms with Crippen molar-refractivity contribution in [3.8, 4) is 5.75 Å². The van der Waals surface area contributed by atoms with Crippen LogP contribution in [0.15, 0.2) is 22.7 Å². The zero-order valence-corrected chi connectivity index (χ0v) is 13.2. The second kappa shape index (κ2) is 8.50. The van der Waals surface area contributed by atoms with E-state index in [0.717, 1.165) is 9.80 Å². The van der Waals surface area contributed by atoms with E-state index >= 15 is 0 Å². The first-order valence-electron chi connectivity index (χ1n) is 5.44. The van der Waals surface area contributed by atoms with E-state index in [-0.39, 0.29) is 5.91 Å². The molecule has 0 bridgehead atoms. The minimum absolute atomic E-state index is 0.165. The van der Waals surface area contributed by atoms with E-state index in [2.05, 4.69) is 37.2 Å². The zero-order chi connectivity index (χ0) is 13.4. The molecule has 1 rings (SSSR count). The average Bonchev–Trinajstić information content (AvgIpc) is 2.38. The second-order valence-corrected chi connectivity index (χ2v) is 5.11. The highest BCUT2D eigenvalue weighted by molar-refractivity contribution is 9.10. The molecule has 4 nitrogen and oxygen atoms in total. The van der Waals surface area contributed by atoms with Crippen LogP contribution in [0.25, 0.3) is 0 Å². The minimum atomic E-state index is -0.165. The van der Waals surface area contributed by atoms with Crippen molar-refractivity contribution in [3.63, 3.8) is 0 Å². The minimum Gasteiger partial charge on any atom is -0.496 e. The Morgan fingerprint density at radius 2 is 2.17 bits per heavy atom. The van der Waals surface area contributed by atoms with E-state index < -0.39 is 0 Å². The molecule has 100 valence electrons. The molecule has 0 saturated heterocycles. The van der Waals surface area contributed by atoms with Gasteiger partial charge in [0.2, 0.25) is 0 Å². The van der Waals surface area contributed by atoms with Gasteiger partial charge >= 0.3 is 0 Å². The molecular formula is C12H15Br2NO3. The summed E-state index contributed by atoms with van der Waals surface area (Å²) < 4.78 is 11.3. The lowest BCUT2D eigenvalue weighted by atomic mass is 10.2. The molecule has 1 N–H and O–H groups in total. The highest BCUT2D eigenvalue weighted by Gasteiger charge is 2.11. The molecule has 0 radical (unpaired) electrons. The summed E-state index contributed by atoms with van der Waals surface area (Å²) in [5, 5.41) is 3.57. The van der Waals surface area contributed by atoms with Crippen molar-refractivity contribution in [2.45, 2.75) is 0 Å². The van der Waals surface area contributed by atoms with Gasteiger partial charge in [0.15, 0.2) is 0 Å². The average molecular weight is 381 g/mol. The summed E-state index contributed by atoms with van der Waals surface area (Å²) in [5.41, 5.74) is 0.515. The molecule has 0 atom stereocenters. The number of carbonyl (C=O) groups excluding carboxylic acids is 1. The molecule has 0 saturated carbocycles. The van der Waals surface area contributed by atoms with E-state index in [9.17, 15) is 4.79 Å². The largest absolute Gasteiger partial charge is 0.496 e. The Kier molecular flexibility index (Phi) is 7.31. The number of rotatable bonds is 7. The molecule has 0 aliphatic rings. The fraction of sp³-hybridized carbons (Fsp3) is 0.417. The van der Waals surface area contributed by atoms with Crippen molar-refractivity contribution in [2.24, 2.45) is 0 Å². The molecule has 1 aromatic rings. The Morgan fingerprint density at radius 1 is 1.39 bits per heavy atom. The number of hydrogen-bond donors (Lipinski definition) is 1. The fourth-order valence-electron chi connectivity index (χ4n) is 1.34. The summed E-state index contributed by atoms with van der Waals surface area (Å²) in [6.45, 7) is 1.61. The summed E-state index contributed by atoms with van der Waals surface area (Å²) in [5.74, 6) is 0.380.